The fourth-order valence-corrected chi connectivity index (χ4v) is 3.89. The zero-order chi connectivity index (χ0) is 20.3. The second kappa shape index (κ2) is 8.00. The molecular formula is C20H15ClO6S. The van der Waals surface area contributed by atoms with Gasteiger partial charge in [-0.3, -0.25) is 4.79 Å². The normalized spacial score (nSPS) is 11.8. The fourth-order valence-electron chi connectivity index (χ4n) is 2.50. The number of rotatable bonds is 6. The average Bonchev–Trinajstić information content (AvgIpc) is 2.65. The van der Waals surface area contributed by atoms with E-state index in [2.05, 4.69) is 0 Å². The summed E-state index contributed by atoms with van der Waals surface area (Å²) in [6, 6.07) is 12.6. The number of methoxy groups -OCH3 is 1. The van der Waals surface area contributed by atoms with E-state index in [0.29, 0.717) is 21.7 Å². The molecule has 0 saturated heterocycles. The number of sulfone groups is 1. The molecule has 0 unspecified atom stereocenters. The highest BCUT2D eigenvalue weighted by Crippen LogP contribution is 2.21. The summed E-state index contributed by atoms with van der Waals surface area (Å²) in [6.07, 6.45) is 2.64. The molecular weight excluding hydrogens is 404 g/mol. The van der Waals surface area contributed by atoms with E-state index in [4.69, 9.17) is 20.8 Å². The van der Waals surface area contributed by atoms with Crippen molar-refractivity contribution >= 4 is 44.3 Å². The van der Waals surface area contributed by atoms with Crippen molar-refractivity contribution in [2.75, 3.05) is 12.9 Å². The fraction of sp³-hybridized carbons (Fsp3) is 0.100. The Morgan fingerprint density at radius 3 is 2.54 bits per heavy atom. The van der Waals surface area contributed by atoms with Crippen LogP contribution in [0.5, 0.6) is 5.75 Å². The summed E-state index contributed by atoms with van der Waals surface area (Å²) < 4.78 is 35.1. The first-order chi connectivity index (χ1) is 13.3. The summed E-state index contributed by atoms with van der Waals surface area (Å²) in [6.45, 7) is 0. The van der Waals surface area contributed by atoms with E-state index in [1.165, 1.54) is 31.4 Å². The van der Waals surface area contributed by atoms with E-state index < -0.39 is 31.9 Å². The quantitative estimate of drug-likeness (QED) is 0.449. The minimum atomic E-state index is -4.17. The Bertz CT molecular complexity index is 1220. The Hall–Kier alpha value is -2.90. The van der Waals surface area contributed by atoms with E-state index in [1.807, 2.05) is 0 Å². The van der Waals surface area contributed by atoms with Gasteiger partial charge >= 0.3 is 5.63 Å². The molecule has 0 fully saturated rings. The van der Waals surface area contributed by atoms with Crippen LogP contribution in [0.25, 0.3) is 17.0 Å². The van der Waals surface area contributed by atoms with E-state index in [9.17, 15) is 18.0 Å². The molecule has 0 bridgehead atoms. The van der Waals surface area contributed by atoms with Gasteiger partial charge in [0.05, 0.1) is 7.11 Å². The predicted octanol–water partition coefficient (Wildman–Crippen LogP) is 3.51. The molecule has 8 heteroatoms. The first kappa shape index (κ1) is 19.9. The van der Waals surface area contributed by atoms with Gasteiger partial charge in [0, 0.05) is 16.5 Å². The summed E-state index contributed by atoms with van der Waals surface area (Å²) in [5, 5.41) is 0.744. The second-order valence-electron chi connectivity index (χ2n) is 5.91. The standard InChI is InChI=1S/C20H15ClO6S/c1-26-17-8-3-13(4-9-17)2-7-16(22)12-28(24,25)19-10-14-5-6-15(21)11-18(14)27-20(19)23/h2-11H,12H2,1H3/b7-2-. The number of ketones is 1. The van der Waals surface area contributed by atoms with Gasteiger partial charge in [0.1, 0.15) is 17.1 Å². The van der Waals surface area contributed by atoms with Gasteiger partial charge < -0.3 is 9.15 Å². The average molecular weight is 419 g/mol. The maximum Gasteiger partial charge on any atom is 0.355 e. The van der Waals surface area contributed by atoms with Gasteiger partial charge in [-0.05, 0) is 42.0 Å². The van der Waals surface area contributed by atoms with Gasteiger partial charge in [-0.15, -0.1) is 0 Å². The lowest BCUT2D eigenvalue weighted by molar-refractivity contribution is -0.112. The molecule has 0 spiro atoms. The van der Waals surface area contributed by atoms with Gasteiger partial charge in [-0.1, -0.05) is 29.8 Å². The lowest BCUT2D eigenvalue weighted by Gasteiger charge is -2.03. The molecule has 0 aliphatic heterocycles. The summed E-state index contributed by atoms with van der Waals surface area (Å²) in [5.41, 5.74) is -0.169. The number of benzene rings is 2. The lowest BCUT2D eigenvalue weighted by atomic mass is 10.2. The molecule has 0 saturated carbocycles. The molecule has 3 rings (SSSR count). The highest BCUT2D eigenvalue weighted by Gasteiger charge is 2.23. The summed E-state index contributed by atoms with van der Waals surface area (Å²) in [7, 11) is -2.63. The lowest BCUT2D eigenvalue weighted by Crippen LogP contribution is -2.20. The van der Waals surface area contributed by atoms with Crippen molar-refractivity contribution in [2.45, 2.75) is 4.90 Å². The molecule has 3 aromatic rings. The van der Waals surface area contributed by atoms with Crippen molar-refractivity contribution in [1.82, 2.24) is 0 Å². The smallest absolute Gasteiger partial charge is 0.355 e. The molecule has 0 aliphatic rings. The number of carbonyl (C=O) groups excluding carboxylic acids is 1. The number of hydrogen-bond acceptors (Lipinski definition) is 6. The third kappa shape index (κ3) is 4.49. The molecule has 0 radical (unpaired) electrons. The van der Waals surface area contributed by atoms with E-state index in [0.717, 1.165) is 6.08 Å². The van der Waals surface area contributed by atoms with Crippen molar-refractivity contribution in [1.29, 1.82) is 0 Å². The van der Waals surface area contributed by atoms with E-state index in [1.54, 1.807) is 30.3 Å². The maximum atomic E-state index is 12.5. The van der Waals surface area contributed by atoms with Crippen LogP contribution >= 0.6 is 11.6 Å². The van der Waals surface area contributed by atoms with E-state index >= 15 is 0 Å². The molecule has 6 nitrogen and oxygen atoms in total. The summed E-state index contributed by atoms with van der Waals surface area (Å²) in [4.78, 5) is 23.6. The molecule has 2 aromatic carbocycles. The van der Waals surface area contributed by atoms with Crippen molar-refractivity contribution in [2.24, 2.45) is 0 Å². The molecule has 144 valence electrons. The third-order valence-electron chi connectivity index (χ3n) is 3.91. The van der Waals surface area contributed by atoms with Gasteiger partial charge in [0.25, 0.3) is 0 Å². The van der Waals surface area contributed by atoms with Crippen LogP contribution in [0.1, 0.15) is 5.56 Å². The van der Waals surface area contributed by atoms with Gasteiger partial charge in [0.15, 0.2) is 20.5 Å². The molecule has 0 N–H and O–H groups in total. The highest BCUT2D eigenvalue weighted by molar-refractivity contribution is 7.92. The van der Waals surface area contributed by atoms with Crippen LogP contribution < -0.4 is 10.4 Å². The number of halogens is 1. The Morgan fingerprint density at radius 2 is 1.86 bits per heavy atom. The van der Waals surface area contributed by atoms with Crippen LogP contribution in [0.2, 0.25) is 5.02 Å². The van der Waals surface area contributed by atoms with Crippen LogP contribution in [0.3, 0.4) is 0 Å². The highest BCUT2D eigenvalue weighted by atomic mass is 35.5. The minimum Gasteiger partial charge on any atom is -0.497 e. The Balaban J connectivity index is 1.82. The van der Waals surface area contributed by atoms with Crippen LogP contribution in [-0.4, -0.2) is 27.1 Å². The number of allylic oxidation sites excluding steroid dienone is 1. The molecule has 1 heterocycles. The van der Waals surface area contributed by atoms with Crippen LogP contribution in [0.4, 0.5) is 0 Å². The molecule has 0 atom stereocenters. The van der Waals surface area contributed by atoms with E-state index in [-0.39, 0.29) is 5.58 Å². The molecule has 1 aromatic heterocycles. The molecule has 28 heavy (non-hydrogen) atoms. The summed E-state index contributed by atoms with van der Waals surface area (Å²) >= 11 is 5.83. The number of carbonyl (C=O) groups is 1. The first-order valence-corrected chi connectivity index (χ1v) is 10.1. The maximum absolute atomic E-state index is 12.5. The Labute approximate surface area is 165 Å². The molecule has 0 aliphatic carbocycles. The third-order valence-corrected chi connectivity index (χ3v) is 5.77. The predicted molar refractivity (Wildman–Crippen MR) is 107 cm³/mol. The number of hydrogen-bond donors (Lipinski definition) is 0. The monoisotopic (exact) mass is 418 g/mol. The van der Waals surface area contributed by atoms with Crippen molar-refractivity contribution in [3.63, 3.8) is 0 Å². The van der Waals surface area contributed by atoms with Gasteiger partial charge in [-0.25, -0.2) is 13.2 Å². The zero-order valence-electron chi connectivity index (χ0n) is 14.7. The SMILES string of the molecule is COc1ccc(/C=C\C(=O)CS(=O)(=O)c2cc3ccc(Cl)cc3oc2=O)cc1. The van der Waals surface area contributed by atoms with Crippen LogP contribution in [0, 0.1) is 0 Å². The minimum absolute atomic E-state index is 0.169. The second-order valence-corrected chi connectivity index (χ2v) is 8.31. The zero-order valence-corrected chi connectivity index (χ0v) is 16.3. The van der Waals surface area contributed by atoms with Crippen molar-refractivity contribution in [3.05, 3.63) is 75.6 Å². The van der Waals surface area contributed by atoms with Gasteiger partial charge in [0.2, 0.25) is 0 Å². The van der Waals surface area contributed by atoms with Crippen molar-refractivity contribution in [3.8, 4) is 5.75 Å². The molecule has 0 amide bonds. The number of ether oxygens (including phenoxy) is 1. The number of fused-ring (bicyclic) bond motifs is 1. The summed E-state index contributed by atoms with van der Waals surface area (Å²) in [5.74, 6) is -0.842. The first-order valence-electron chi connectivity index (χ1n) is 8.09. The topological polar surface area (TPSA) is 90.7 Å². The van der Waals surface area contributed by atoms with Crippen LogP contribution in [-0.2, 0) is 14.6 Å². The van der Waals surface area contributed by atoms with Gasteiger partial charge in [-0.2, -0.15) is 0 Å². The Morgan fingerprint density at radius 1 is 1.14 bits per heavy atom. The Kier molecular flexibility index (Phi) is 5.67. The van der Waals surface area contributed by atoms with Crippen LogP contribution in [0.15, 0.2) is 68.7 Å². The van der Waals surface area contributed by atoms with Crippen molar-refractivity contribution < 1.29 is 22.4 Å². The largest absolute Gasteiger partial charge is 0.497 e.